The molecule has 0 fully saturated rings. The van der Waals surface area contributed by atoms with E-state index >= 15 is 0 Å². The molecule has 0 spiro atoms. The number of hydrogen-bond acceptors (Lipinski definition) is 1. The lowest BCUT2D eigenvalue weighted by molar-refractivity contribution is -0.137. The van der Waals surface area contributed by atoms with E-state index < -0.39 is 5.97 Å². The smallest absolute Gasteiger partial charge is 0.303 e. The number of aryl methyl sites for hydroxylation is 2. The average Bonchev–Trinajstić information content (AvgIpc) is 2.46. The molecule has 1 N–H and O–H groups in total. The lowest BCUT2D eigenvalue weighted by Crippen LogP contribution is -1.93. The Morgan fingerprint density at radius 2 is 1.38 bits per heavy atom. The lowest BCUT2D eigenvalue weighted by Gasteiger charge is -2.05. The molecule has 0 aliphatic heterocycles. The van der Waals surface area contributed by atoms with Crippen molar-refractivity contribution in [3.8, 4) is 0 Å². The first-order chi connectivity index (χ1) is 10.2. The molecule has 1 rings (SSSR count). The van der Waals surface area contributed by atoms with Gasteiger partial charge in [0.1, 0.15) is 0 Å². The van der Waals surface area contributed by atoms with E-state index in [-0.39, 0.29) is 0 Å². The second kappa shape index (κ2) is 11.4. The standard InChI is InChI=1S/C19H30O2/c1-17-13-11-12-15-18(17)14-9-7-5-3-2-4-6-8-10-16-19(20)21/h11-13,15H,2-10,14,16H2,1H3,(H,20,21). The number of unbranched alkanes of at least 4 members (excludes halogenated alkanes) is 8. The largest absolute Gasteiger partial charge is 0.481 e. The van der Waals surface area contributed by atoms with Crippen molar-refractivity contribution in [1.29, 1.82) is 0 Å². The molecule has 0 unspecified atom stereocenters. The third-order valence-corrected chi connectivity index (χ3v) is 4.10. The Labute approximate surface area is 129 Å². The maximum Gasteiger partial charge on any atom is 0.303 e. The van der Waals surface area contributed by atoms with Crippen LogP contribution in [0.4, 0.5) is 0 Å². The Morgan fingerprint density at radius 1 is 0.857 bits per heavy atom. The number of carboxylic acid groups (broad SMARTS) is 1. The fourth-order valence-electron chi connectivity index (χ4n) is 2.72. The Kier molecular flexibility index (Phi) is 9.60. The normalized spacial score (nSPS) is 10.7. The zero-order valence-electron chi connectivity index (χ0n) is 13.4. The number of carboxylic acids is 1. The molecule has 0 amide bonds. The van der Waals surface area contributed by atoms with Crippen LogP contribution < -0.4 is 0 Å². The summed E-state index contributed by atoms with van der Waals surface area (Å²) in [5, 5.41) is 8.54. The molecule has 1 aromatic rings. The van der Waals surface area contributed by atoms with E-state index in [9.17, 15) is 4.79 Å². The van der Waals surface area contributed by atoms with E-state index in [1.807, 2.05) is 0 Å². The third kappa shape index (κ3) is 9.28. The van der Waals surface area contributed by atoms with E-state index in [1.165, 1.54) is 62.5 Å². The van der Waals surface area contributed by atoms with Crippen LogP contribution in [-0.2, 0) is 11.2 Å². The van der Waals surface area contributed by atoms with Crippen LogP contribution in [0.25, 0.3) is 0 Å². The summed E-state index contributed by atoms with van der Waals surface area (Å²) in [5.41, 5.74) is 2.91. The number of benzene rings is 1. The van der Waals surface area contributed by atoms with Crippen molar-refractivity contribution in [2.45, 2.75) is 77.6 Å². The zero-order valence-corrected chi connectivity index (χ0v) is 13.4. The summed E-state index contributed by atoms with van der Waals surface area (Å²) in [6.45, 7) is 2.19. The molecule has 1 aromatic carbocycles. The second-order valence-electron chi connectivity index (χ2n) is 6.00. The highest BCUT2D eigenvalue weighted by molar-refractivity contribution is 5.66. The molecule has 0 saturated heterocycles. The fraction of sp³-hybridized carbons (Fsp3) is 0.632. The summed E-state index contributed by atoms with van der Waals surface area (Å²) < 4.78 is 0. The summed E-state index contributed by atoms with van der Waals surface area (Å²) in [4.78, 5) is 10.4. The van der Waals surface area contributed by atoms with E-state index in [4.69, 9.17) is 5.11 Å². The molecule has 0 aliphatic rings. The van der Waals surface area contributed by atoms with Crippen LogP contribution in [0.15, 0.2) is 24.3 Å². The van der Waals surface area contributed by atoms with Gasteiger partial charge in [-0.15, -0.1) is 0 Å². The van der Waals surface area contributed by atoms with Crippen molar-refractivity contribution in [2.24, 2.45) is 0 Å². The molecular formula is C19H30O2. The van der Waals surface area contributed by atoms with Gasteiger partial charge in [-0.3, -0.25) is 4.79 Å². The van der Waals surface area contributed by atoms with Crippen LogP contribution in [-0.4, -0.2) is 11.1 Å². The van der Waals surface area contributed by atoms with E-state index in [2.05, 4.69) is 31.2 Å². The Hall–Kier alpha value is -1.31. The van der Waals surface area contributed by atoms with Gasteiger partial charge in [0.05, 0.1) is 0 Å². The average molecular weight is 290 g/mol. The van der Waals surface area contributed by atoms with Crippen LogP contribution in [0.1, 0.15) is 75.3 Å². The molecule has 0 aromatic heterocycles. The number of rotatable bonds is 12. The van der Waals surface area contributed by atoms with Crippen molar-refractivity contribution >= 4 is 5.97 Å². The molecule has 2 heteroatoms. The van der Waals surface area contributed by atoms with E-state index in [1.54, 1.807) is 0 Å². The summed E-state index contributed by atoms with van der Waals surface area (Å²) in [5.74, 6) is -0.663. The molecular weight excluding hydrogens is 260 g/mol. The minimum atomic E-state index is -0.663. The van der Waals surface area contributed by atoms with Gasteiger partial charge in [0.25, 0.3) is 0 Å². The molecule has 21 heavy (non-hydrogen) atoms. The molecule has 0 heterocycles. The molecule has 0 atom stereocenters. The summed E-state index contributed by atoms with van der Waals surface area (Å²) >= 11 is 0. The van der Waals surface area contributed by atoms with Gasteiger partial charge in [0.2, 0.25) is 0 Å². The predicted octanol–water partition coefficient (Wildman–Crippen LogP) is 5.52. The van der Waals surface area contributed by atoms with Gasteiger partial charge in [0, 0.05) is 6.42 Å². The Bertz CT molecular complexity index is 398. The highest BCUT2D eigenvalue weighted by atomic mass is 16.4. The fourth-order valence-corrected chi connectivity index (χ4v) is 2.72. The molecule has 0 aliphatic carbocycles. The molecule has 0 bridgehead atoms. The summed E-state index contributed by atoms with van der Waals surface area (Å²) in [6, 6.07) is 8.67. The van der Waals surface area contributed by atoms with Crippen molar-refractivity contribution in [2.75, 3.05) is 0 Å². The van der Waals surface area contributed by atoms with Crippen LogP contribution in [0, 0.1) is 6.92 Å². The minimum absolute atomic E-state index is 0.332. The molecule has 2 nitrogen and oxygen atoms in total. The van der Waals surface area contributed by atoms with Crippen molar-refractivity contribution in [1.82, 2.24) is 0 Å². The first-order valence-electron chi connectivity index (χ1n) is 8.46. The topological polar surface area (TPSA) is 37.3 Å². The lowest BCUT2D eigenvalue weighted by atomic mass is 10.0. The van der Waals surface area contributed by atoms with E-state index in [0.29, 0.717) is 6.42 Å². The summed E-state index contributed by atoms with van der Waals surface area (Å²) in [6.07, 6.45) is 12.5. The molecule has 0 saturated carbocycles. The van der Waals surface area contributed by atoms with Crippen molar-refractivity contribution in [3.63, 3.8) is 0 Å². The molecule has 0 radical (unpaired) electrons. The Balaban J connectivity index is 1.87. The van der Waals surface area contributed by atoms with Crippen LogP contribution in [0.3, 0.4) is 0 Å². The third-order valence-electron chi connectivity index (χ3n) is 4.10. The maximum absolute atomic E-state index is 10.4. The van der Waals surface area contributed by atoms with Crippen LogP contribution in [0.2, 0.25) is 0 Å². The number of hydrogen-bond donors (Lipinski definition) is 1. The van der Waals surface area contributed by atoms with Gasteiger partial charge in [0.15, 0.2) is 0 Å². The minimum Gasteiger partial charge on any atom is -0.481 e. The van der Waals surface area contributed by atoms with Gasteiger partial charge in [-0.05, 0) is 37.3 Å². The van der Waals surface area contributed by atoms with E-state index in [0.717, 1.165) is 12.8 Å². The van der Waals surface area contributed by atoms with Gasteiger partial charge < -0.3 is 5.11 Å². The molecule has 118 valence electrons. The first kappa shape index (κ1) is 17.7. The monoisotopic (exact) mass is 290 g/mol. The van der Waals surface area contributed by atoms with Gasteiger partial charge >= 0.3 is 5.97 Å². The highest BCUT2D eigenvalue weighted by Crippen LogP contribution is 2.14. The first-order valence-corrected chi connectivity index (χ1v) is 8.46. The quantitative estimate of drug-likeness (QED) is 0.514. The number of aliphatic carboxylic acids is 1. The Morgan fingerprint density at radius 3 is 1.95 bits per heavy atom. The van der Waals surface area contributed by atoms with Crippen molar-refractivity contribution < 1.29 is 9.90 Å². The zero-order chi connectivity index (χ0) is 15.3. The maximum atomic E-state index is 10.4. The SMILES string of the molecule is Cc1ccccc1CCCCCCCCCCCC(=O)O. The van der Waals surface area contributed by atoms with Crippen LogP contribution >= 0.6 is 0 Å². The summed E-state index contributed by atoms with van der Waals surface area (Å²) in [7, 11) is 0. The van der Waals surface area contributed by atoms with Crippen LogP contribution in [0.5, 0.6) is 0 Å². The van der Waals surface area contributed by atoms with Crippen molar-refractivity contribution in [3.05, 3.63) is 35.4 Å². The highest BCUT2D eigenvalue weighted by Gasteiger charge is 1.98. The van der Waals surface area contributed by atoms with Gasteiger partial charge in [-0.2, -0.15) is 0 Å². The second-order valence-corrected chi connectivity index (χ2v) is 6.00. The number of carbonyl (C=O) groups is 1. The van der Waals surface area contributed by atoms with Gasteiger partial charge in [-0.1, -0.05) is 69.2 Å². The predicted molar refractivity (Wildman–Crippen MR) is 88.7 cm³/mol. The van der Waals surface area contributed by atoms with Gasteiger partial charge in [-0.25, -0.2) is 0 Å².